The fraction of sp³-hybridized carbons (Fsp3) is 0.381. The average Bonchev–Trinajstić information content (AvgIpc) is 3.11. The lowest BCUT2D eigenvalue weighted by molar-refractivity contribution is -0.136. The Labute approximate surface area is 193 Å². The van der Waals surface area contributed by atoms with Gasteiger partial charge in [0.15, 0.2) is 5.57 Å². The SMILES string of the molecule is CCOC(=O)C(C#N)=c1sc(=CNc2cccc(NC(=O)COCCOC)n2)c(=O)n1CC. The van der Waals surface area contributed by atoms with E-state index < -0.39 is 5.97 Å². The molecule has 0 fully saturated rings. The summed E-state index contributed by atoms with van der Waals surface area (Å²) in [5, 5.41) is 14.9. The number of nitrogens with zero attached hydrogens (tertiary/aromatic N) is 3. The normalized spacial score (nSPS) is 12.1. The lowest BCUT2D eigenvalue weighted by Gasteiger charge is -2.07. The minimum Gasteiger partial charge on any atom is -0.462 e. The van der Waals surface area contributed by atoms with Gasteiger partial charge in [-0.25, -0.2) is 9.78 Å². The number of esters is 1. The van der Waals surface area contributed by atoms with E-state index in [1.165, 1.54) is 10.8 Å². The van der Waals surface area contributed by atoms with Gasteiger partial charge in [-0.15, -0.1) is 11.3 Å². The molecule has 0 aromatic carbocycles. The first-order valence-corrected chi connectivity index (χ1v) is 10.9. The van der Waals surface area contributed by atoms with Crippen molar-refractivity contribution >= 4 is 46.6 Å². The number of nitrogens with one attached hydrogen (secondary N) is 2. The molecular weight excluding hydrogens is 450 g/mol. The molecular formula is C21H25N5O6S. The Morgan fingerprint density at radius 2 is 2.03 bits per heavy atom. The van der Waals surface area contributed by atoms with Crippen molar-refractivity contribution in [3.05, 3.63) is 37.7 Å². The van der Waals surface area contributed by atoms with Crippen molar-refractivity contribution < 1.29 is 23.8 Å². The average molecular weight is 476 g/mol. The van der Waals surface area contributed by atoms with E-state index in [1.807, 2.05) is 6.07 Å². The van der Waals surface area contributed by atoms with Crippen molar-refractivity contribution in [1.82, 2.24) is 9.55 Å². The number of thiazole rings is 1. The summed E-state index contributed by atoms with van der Waals surface area (Å²) in [6.07, 6.45) is 1.44. The topological polar surface area (TPSA) is 145 Å². The molecule has 33 heavy (non-hydrogen) atoms. The van der Waals surface area contributed by atoms with Crippen molar-refractivity contribution in [2.24, 2.45) is 0 Å². The van der Waals surface area contributed by atoms with Gasteiger partial charge in [0.2, 0.25) is 0 Å². The fourth-order valence-corrected chi connectivity index (χ4v) is 3.66. The van der Waals surface area contributed by atoms with Gasteiger partial charge in [-0.05, 0) is 26.0 Å². The Bertz CT molecular complexity index is 1200. The largest absolute Gasteiger partial charge is 0.462 e. The summed E-state index contributed by atoms with van der Waals surface area (Å²) in [6.45, 7) is 4.31. The number of carbonyl (C=O) groups excluding carboxylic acids is 2. The molecule has 0 saturated heterocycles. The first kappa shape index (κ1) is 25.7. The molecule has 2 aromatic rings. The Morgan fingerprint density at radius 1 is 1.27 bits per heavy atom. The highest BCUT2D eigenvalue weighted by molar-refractivity contribution is 7.07. The van der Waals surface area contributed by atoms with Gasteiger partial charge in [0.25, 0.3) is 11.5 Å². The van der Waals surface area contributed by atoms with Crippen molar-refractivity contribution in [3.63, 3.8) is 0 Å². The highest BCUT2D eigenvalue weighted by Crippen LogP contribution is 2.09. The summed E-state index contributed by atoms with van der Waals surface area (Å²) in [4.78, 5) is 41.0. The fourth-order valence-electron chi connectivity index (χ4n) is 2.59. The molecule has 2 rings (SSSR count). The van der Waals surface area contributed by atoms with Crippen LogP contribution < -0.4 is 25.4 Å². The van der Waals surface area contributed by atoms with E-state index in [1.54, 1.807) is 39.2 Å². The van der Waals surface area contributed by atoms with Gasteiger partial charge in [0.1, 0.15) is 33.5 Å². The second kappa shape index (κ2) is 13.1. The maximum Gasteiger partial charge on any atom is 0.351 e. The molecule has 0 aliphatic carbocycles. The van der Waals surface area contributed by atoms with Crippen LogP contribution in [0.5, 0.6) is 0 Å². The second-order valence-corrected chi connectivity index (χ2v) is 7.35. The number of aromatic nitrogens is 2. The van der Waals surface area contributed by atoms with Gasteiger partial charge in [-0.2, -0.15) is 5.26 Å². The third-order valence-corrected chi connectivity index (χ3v) is 5.19. The molecule has 1 amide bonds. The standard InChI is InChI=1S/C21H25N5O6S/c1-4-26-19(28)15(33-20(26)14(11-22)21(29)32-5-2)12-23-16-7-6-8-17(24-16)25-18(27)13-31-10-9-30-3/h6-8,12H,4-5,9-10,13H2,1-3H3,(H2,23,24,25,27). The predicted molar refractivity (Wildman–Crippen MR) is 123 cm³/mol. The molecule has 0 radical (unpaired) electrons. The van der Waals surface area contributed by atoms with Crippen LogP contribution in [-0.2, 0) is 30.3 Å². The second-order valence-electron chi connectivity index (χ2n) is 6.32. The van der Waals surface area contributed by atoms with E-state index >= 15 is 0 Å². The summed E-state index contributed by atoms with van der Waals surface area (Å²) in [5.41, 5.74) is -0.587. The van der Waals surface area contributed by atoms with Crippen LogP contribution in [0.1, 0.15) is 13.8 Å². The number of hydrogen-bond donors (Lipinski definition) is 2. The number of rotatable bonds is 11. The summed E-state index contributed by atoms with van der Waals surface area (Å²) in [7, 11) is 1.54. The summed E-state index contributed by atoms with van der Waals surface area (Å²) in [5.74, 6) is -0.472. The summed E-state index contributed by atoms with van der Waals surface area (Å²) >= 11 is 0.992. The van der Waals surface area contributed by atoms with Crippen LogP contribution in [-0.4, -0.2) is 55.0 Å². The summed E-state index contributed by atoms with van der Waals surface area (Å²) in [6, 6.07) is 6.77. The van der Waals surface area contributed by atoms with Crippen molar-refractivity contribution in [2.45, 2.75) is 20.4 Å². The van der Waals surface area contributed by atoms with Crippen molar-refractivity contribution in [2.75, 3.05) is 44.2 Å². The van der Waals surface area contributed by atoms with Crippen LogP contribution in [0.4, 0.5) is 11.6 Å². The molecule has 0 atom stereocenters. The van der Waals surface area contributed by atoms with Crippen LogP contribution >= 0.6 is 11.3 Å². The number of anilines is 2. The monoisotopic (exact) mass is 475 g/mol. The third kappa shape index (κ3) is 7.25. The van der Waals surface area contributed by atoms with E-state index in [-0.39, 0.29) is 46.0 Å². The molecule has 2 N–H and O–H groups in total. The van der Waals surface area contributed by atoms with Crippen LogP contribution in [0.2, 0.25) is 0 Å². The molecule has 2 heterocycles. The van der Waals surface area contributed by atoms with Gasteiger partial charge < -0.3 is 24.8 Å². The zero-order chi connectivity index (χ0) is 24.2. The van der Waals surface area contributed by atoms with Crippen molar-refractivity contribution in [1.29, 1.82) is 5.26 Å². The zero-order valence-electron chi connectivity index (χ0n) is 18.5. The smallest absolute Gasteiger partial charge is 0.351 e. The van der Waals surface area contributed by atoms with E-state index in [2.05, 4.69) is 15.6 Å². The van der Waals surface area contributed by atoms with E-state index in [0.717, 1.165) is 11.3 Å². The first-order valence-electron chi connectivity index (χ1n) is 10.1. The van der Waals surface area contributed by atoms with E-state index in [9.17, 15) is 19.6 Å². The number of amides is 1. The lowest BCUT2D eigenvalue weighted by atomic mass is 10.3. The van der Waals surface area contributed by atoms with E-state index in [4.69, 9.17) is 14.2 Å². The van der Waals surface area contributed by atoms with Crippen molar-refractivity contribution in [3.8, 4) is 6.07 Å². The van der Waals surface area contributed by atoms with Gasteiger partial charge >= 0.3 is 5.97 Å². The molecule has 2 aromatic heterocycles. The quantitative estimate of drug-likeness (QED) is 0.339. The predicted octanol–water partition coefficient (Wildman–Crippen LogP) is 0.0137. The molecule has 176 valence electrons. The van der Waals surface area contributed by atoms with Crippen LogP contribution in [0.3, 0.4) is 0 Å². The summed E-state index contributed by atoms with van der Waals surface area (Å²) < 4.78 is 16.7. The third-order valence-electron chi connectivity index (χ3n) is 4.06. The number of nitriles is 1. The highest BCUT2D eigenvalue weighted by atomic mass is 32.1. The number of carbonyl (C=O) groups is 2. The van der Waals surface area contributed by atoms with Crippen LogP contribution in [0.15, 0.2) is 23.0 Å². The maximum atomic E-state index is 12.7. The van der Waals surface area contributed by atoms with E-state index in [0.29, 0.717) is 24.8 Å². The Kier molecular flexibility index (Phi) is 10.2. The maximum absolute atomic E-state index is 12.7. The molecule has 0 aliphatic heterocycles. The number of hydrogen-bond acceptors (Lipinski definition) is 10. The number of pyridine rings is 1. The molecule has 12 heteroatoms. The Balaban J connectivity index is 2.25. The van der Waals surface area contributed by atoms with Gasteiger partial charge in [-0.3, -0.25) is 14.2 Å². The van der Waals surface area contributed by atoms with Gasteiger partial charge in [0.05, 0.1) is 19.8 Å². The van der Waals surface area contributed by atoms with Gasteiger partial charge in [-0.1, -0.05) is 6.07 Å². The Morgan fingerprint density at radius 3 is 2.70 bits per heavy atom. The number of methoxy groups -OCH3 is 1. The lowest BCUT2D eigenvalue weighted by Crippen LogP contribution is -2.32. The van der Waals surface area contributed by atoms with Crippen LogP contribution in [0.25, 0.3) is 11.8 Å². The molecule has 0 spiro atoms. The van der Waals surface area contributed by atoms with Gasteiger partial charge in [0, 0.05) is 19.9 Å². The minimum atomic E-state index is -0.778. The highest BCUT2D eigenvalue weighted by Gasteiger charge is 2.16. The number of ether oxygens (including phenoxy) is 3. The molecule has 0 aliphatic rings. The molecule has 0 saturated carbocycles. The van der Waals surface area contributed by atoms with Crippen LogP contribution in [0, 0.1) is 11.3 Å². The minimum absolute atomic E-state index is 0.115. The molecule has 0 unspecified atom stereocenters. The zero-order valence-corrected chi connectivity index (χ0v) is 19.4. The first-order chi connectivity index (χ1) is 15.9. The Hall–Kier alpha value is -3.53. The molecule has 11 nitrogen and oxygen atoms in total. The molecule has 0 bridgehead atoms.